The van der Waals surface area contributed by atoms with E-state index >= 15 is 0 Å². The summed E-state index contributed by atoms with van der Waals surface area (Å²) in [7, 11) is -2.70. The summed E-state index contributed by atoms with van der Waals surface area (Å²) in [4.78, 5) is 13.6. The minimum Gasteiger partial charge on any atom is -0.748 e. The molecule has 1 saturated carbocycles. The van der Waals surface area contributed by atoms with Crippen molar-refractivity contribution in [2.24, 2.45) is 5.92 Å². The van der Waals surface area contributed by atoms with Gasteiger partial charge in [0.1, 0.15) is 0 Å². The Bertz CT molecular complexity index is 505. The van der Waals surface area contributed by atoms with Gasteiger partial charge in [-0.05, 0) is 25.7 Å². The van der Waals surface area contributed by atoms with E-state index in [9.17, 15) is 17.8 Å². The van der Waals surface area contributed by atoms with E-state index in [-0.39, 0.29) is 47.9 Å². The molecule has 0 aromatic carbocycles. The minimum atomic E-state index is -4.27. The molecular formula is C17H30NNaO4S. The number of allylic oxidation sites excluding steroid dienone is 1. The average Bonchev–Trinajstić information content (AvgIpc) is 2.45. The topological polar surface area (TPSA) is 77.5 Å². The van der Waals surface area contributed by atoms with E-state index in [1.54, 1.807) is 7.05 Å². The summed E-state index contributed by atoms with van der Waals surface area (Å²) >= 11 is 0. The first-order chi connectivity index (χ1) is 10.8. The second-order valence-corrected chi connectivity index (χ2v) is 7.97. The van der Waals surface area contributed by atoms with Gasteiger partial charge in [-0.1, -0.05) is 50.7 Å². The quantitative estimate of drug-likeness (QED) is 0.224. The number of unbranched alkanes of at least 4 members (excludes halogenated alkanes) is 6. The van der Waals surface area contributed by atoms with Crippen LogP contribution in [-0.4, -0.2) is 43.1 Å². The Balaban J connectivity index is 0.00000529. The Labute approximate surface area is 169 Å². The molecule has 1 atom stereocenters. The summed E-state index contributed by atoms with van der Waals surface area (Å²) < 4.78 is 31.9. The molecule has 1 aliphatic rings. The molecule has 1 rings (SSSR count). The van der Waals surface area contributed by atoms with E-state index in [4.69, 9.17) is 0 Å². The molecule has 0 radical (unpaired) electrons. The zero-order valence-corrected chi connectivity index (χ0v) is 18.2. The third-order valence-corrected chi connectivity index (χ3v) is 5.17. The summed E-state index contributed by atoms with van der Waals surface area (Å²) in [5, 5.41) is 0. The molecule has 0 spiro atoms. The van der Waals surface area contributed by atoms with Crippen LogP contribution in [0.4, 0.5) is 0 Å². The SMILES string of the molecule is CCCCCCCCC=C1CCC1C(=O)N(C)CCS(=O)(=O)[O-].[Na+]. The van der Waals surface area contributed by atoms with Gasteiger partial charge in [-0.2, -0.15) is 0 Å². The van der Waals surface area contributed by atoms with Crippen molar-refractivity contribution < 1.29 is 47.3 Å². The summed E-state index contributed by atoms with van der Waals surface area (Å²) in [6.45, 7) is 2.19. The molecule has 0 bridgehead atoms. The number of hydrogen-bond donors (Lipinski definition) is 0. The predicted octanol–water partition coefficient (Wildman–Crippen LogP) is 0.0810. The Morgan fingerprint density at radius 3 is 2.42 bits per heavy atom. The Morgan fingerprint density at radius 1 is 1.25 bits per heavy atom. The van der Waals surface area contributed by atoms with Crippen LogP contribution in [0.3, 0.4) is 0 Å². The van der Waals surface area contributed by atoms with Crippen LogP contribution in [0.1, 0.15) is 64.7 Å². The molecule has 0 aliphatic heterocycles. The van der Waals surface area contributed by atoms with Gasteiger partial charge in [0.05, 0.1) is 21.8 Å². The van der Waals surface area contributed by atoms with Crippen molar-refractivity contribution in [3.8, 4) is 0 Å². The first-order valence-electron chi connectivity index (χ1n) is 8.72. The number of carbonyl (C=O) groups excluding carboxylic acids is 1. The van der Waals surface area contributed by atoms with E-state index in [2.05, 4.69) is 13.0 Å². The third-order valence-electron chi connectivity index (χ3n) is 4.48. The van der Waals surface area contributed by atoms with Gasteiger partial charge in [0.15, 0.2) is 0 Å². The molecule has 134 valence electrons. The molecule has 1 unspecified atom stereocenters. The molecule has 1 aliphatic carbocycles. The van der Waals surface area contributed by atoms with Crippen LogP contribution in [-0.2, 0) is 14.9 Å². The van der Waals surface area contributed by atoms with Crippen molar-refractivity contribution in [2.45, 2.75) is 64.7 Å². The standard InChI is InChI=1S/C17H31NO4S.Na/c1-3-4-5-6-7-8-9-10-15-11-12-16(15)17(19)18(2)13-14-23(20,21)22;/h10,16H,3-9,11-14H2,1-2H3,(H,20,21,22);/q;+1/p-1. The van der Waals surface area contributed by atoms with Crippen molar-refractivity contribution in [3.05, 3.63) is 11.6 Å². The van der Waals surface area contributed by atoms with Crippen LogP contribution in [0.25, 0.3) is 0 Å². The summed E-state index contributed by atoms with van der Waals surface area (Å²) in [6.07, 6.45) is 12.6. The third kappa shape index (κ3) is 9.56. The molecule has 0 N–H and O–H groups in total. The molecule has 5 nitrogen and oxygen atoms in total. The van der Waals surface area contributed by atoms with E-state index in [0.29, 0.717) is 0 Å². The van der Waals surface area contributed by atoms with Gasteiger partial charge >= 0.3 is 29.6 Å². The van der Waals surface area contributed by atoms with Crippen LogP contribution in [0, 0.1) is 5.92 Å². The van der Waals surface area contributed by atoms with Crippen LogP contribution in [0.5, 0.6) is 0 Å². The van der Waals surface area contributed by atoms with Crippen molar-refractivity contribution >= 4 is 16.0 Å². The van der Waals surface area contributed by atoms with Gasteiger partial charge < -0.3 is 9.45 Å². The summed E-state index contributed by atoms with van der Waals surface area (Å²) in [5.74, 6) is -0.678. The van der Waals surface area contributed by atoms with Gasteiger partial charge in [-0.15, -0.1) is 0 Å². The Hall–Kier alpha value is 0.120. The maximum Gasteiger partial charge on any atom is 1.00 e. The van der Waals surface area contributed by atoms with Crippen LogP contribution in [0.2, 0.25) is 0 Å². The fourth-order valence-corrected chi connectivity index (χ4v) is 3.32. The van der Waals surface area contributed by atoms with Crippen LogP contribution >= 0.6 is 0 Å². The molecule has 0 saturated heterocycles. The number of hydrogen-bond acceptors (Lipinski definition) is 4. The van der Waals surface area contributed by atoms with E-state index in [1.165, 1.54) is 49.0 Å². The summed E-state index contributed by atoms with van der Waals surface area (Å²) in [5.41, 5.74) is 1.18. The minimum absolute atomic E-state index is 0. The normalized spacial score (nSPS) is 18.8. The summed E-state index contributed by atoms with van der Waals surface area (Å²) in [6, 6.07) is 0. The molecule has 0 heterocycles. The first kappa shape index (κ1) is 24.1. The van der Waals surface area contributed by atoms with Gasteiger partial charge in [0.25, 0.3) is 0 Å². The Kier molecular flexibility index (Phi) is 12.5. The van der Waals surface area contributed by atoms with Crippen LogP contribution < -0.4 is 29.6 Å². The monoisotopic (exact) mass is 367 g/mol. The fourth-order valence-electron chi connectivity index (χ4n) is 2.82. The number of amides is 1. The second-order valence-electron chi connectivity index (χ2n) is 6.45. The van der Waals surface area contributed by atoms with E-state index in [1.807, 2.05) is 0 Å². The van der Waals surface area contributed by atoms with Gasteiger partial charge in [0.2, 0.25) is 5.91 Å². The van der Waals surface area contributed by atoms with Gasteiger partial charge in [-0.3, -0.25) is 4.79 Å². The van der Waals surface area contributed by atoms with Crippen molar-refractivity contribution in [1.82, 2.24) is 4.90 Å². The maximum absolute atomic E-state index is 12.2. The molecular weight excluding hydrogens is 337 g/mol. The smallest absolute Gasteiger partial charge is 0.748 e. The molecule has 1 fully saturated rings. The zero-order chi connectivity index (χ0) is 17.3. The number of nitrogens with zero attached hydrogens (tertiary/aromatic N) is 1. The average molecular weight is 367 g/mol. The molecule has 0 aromatic rings. The van der Waals surface area contributed by atoms with Crippen molar-refractivity contribution in [2.75, 3.05) is 19.3 Å². The van der Waals surface area contributed by atoms with Crippen molar-refractivity contribution in [1.29, 1.82) is 0 Å². The molecule has 7 heteroatoms. The van der Waals surface area contributed by atoms with Crippen molar-refractivity contribution in [3.63, 3.8) is 0 Å². The zero-order valence-electron chi connectivity index (χ0n) is 15.4. The molecule has 24 heavy (non-hydrogen) atoms. The fraction of sp³-hybridized carbons (Fsp3) is 0.824. The van der Waals surface area contributed by atoms with E-state index < -0.39 is 15.9 Å². The maximum atomic E-state index is 12.2. The Morgan fingerprint density at radius 2 is 1.88 bits per heavy atom. The first-order valence-corrected chi connectivity index (χ1v) is 10.3. The molecule has 1 amide bonds. The molecule has 0 aromatic heterocycles. The van der Waals surface area contributed by atoms with Gasteiger partial charge in [0, 0.05) is 13.6 Å². The van der Waals surface area contributed by atoms with Gasteiger partial charge in [-0.25, -0.2) is 8.42 Å². The number of carbonyl (C=O) groups is 1. The predicted molar refractivity (Wildman–Crippen MR) is 91.0 cm³/mol. The second kappa shape index (κ2) is 12.5. The number of rotatable bonds is 11. The largest absolute Gasteiger partial charge is 1.00 e. The van der Waals surface area contributed by atoms with E-state index in [0.717, 1.165) is 19.3 Å². The van der Waals surface area contributed by atoms with Crippen LogP contribution in [0.15, 0.2) is 11.6 Å².